The van der Waals surface area contributed by atoms with Crippen LogP contribution < -0.4 is 15.4 Å². The molecule has 3 amide bonds. The zero-order valence-corrected chi connectivity index (χ0v) is 22.4. The second-order valence-electron chi connectivity index (χ2n) is 10.9. The molecule has 206 valence electrons. The molecular weight excluding hydrogens is 504 g/mol. The second kappa shape index (κ2) is 11.5. The normalized spacial score (nSPS) is 18.9. The van der Waals surface area contributed by atoms with Gasteiger partial charge in [0.1, 0.15) is 24.1 Å². The van der Waals surface area contributed by atoms with Crippen molar-refractivity contribution in [2.75, 3.05) is 25.0 Å². The van der Waals surface area contributed by atoms with Crippen LogP contribution in [0, 0.1) is 5.92 Å². The van der Waals surface area contributed by atoms with E-state index in [1.807, 2.05) is 36.4 Å². The van der Waals surface area contributed by atoms with Gasteiger partial charge in [-0.15, -0.1) is 0 Å². The Bertz CT molecular complexity index is 1370. The van der Waals surface area contributed by atoms with Crippen LogP contribution in [-0.4, -0.2) is 59.2 Å². The summed E-state index contributed by atoms with van der Waals surface area (Å²) in [7, 11) is 0. The highest BCUT2D eigenvalue weighted by atomic mass is 16.5. The summed E-state index contributed by atoms with van der Waals surface area (Å²) in [6, 6.07) is 24.2. The number of anilines is 1. The summed E-state index contributed by atoms with van der Waals surface area (Å²) in [6.45, 7) is 2.54. The van der Waals surface area contributed by atoms with Gasteiger partial charge in [0.15, 0.2) is 0 Å². The molecule has 2 heterocycles. The van der Waals surface area contributed by atoms with Crippen LogP contribution in [0.15, 0.2) is 78.9 Å². The van der Waals surface area contributed by atoms with Crippen LogP contribution in [-0.2, 0) is 16.1 Å². The van der Waals surface area contributed by atoms with Crippen LogP contribution in [0.4, 0.5) is 5.69 Å². The molecule has 2 fully saturated rings. The van der Waals surface area contributed by atoms with E-state index in [1.54, 1.807) is 18.2 Å². The van der Waals surface area contributed by atoms with Crippen LogP contribution in [0.5, 0.6) is 11.5 Å². The van der Waals surface area contributed by atoms with E-state index < -0.39 is 6.04 Å². The fourth-order valence-corrected chi connectivity index (χ4v) is 5.68. The van der Waals surface area contributed by atoms with Crippen molar-refractivity contribution in [1.82, 2.24) is 15.1 Å². The minimum Gasteiger partial charge on any atom is -0.457 e. The summed E-state index contributed by atoms with van der Waals surface area (Å²) in [5.74, 6) is 0.386. The average molecular weight is 539 g/mol. The number of nitrogens with zero attached hydrogens (tertiary/aromatic N) is 2. The smallest absolute Gasteiger partial charge is 0.257 e. The fourth-order valence-electron chi connectivity index (χ4n) is 5.68. The summed E-state index contributed by atoms with van der Waals surface area (Å²) >= 11 is 0. The second-order valence-corrected chi connectivity index (χ2v) is 10.9. The van der Waals surface area contributed by atoms with Gasteiger partial charge in [-0.25, -0.2) is 0 Å². The van der Waals surface area contributed by atoms with Gasteiger partial charge in [0.05, 0.1) is 11.3 Å². The number of amides is 3. The highest BCUT2D eigenvalue weighted by Gasteiger charge is 2.45. The maximum atomic E-state index is 13.9. The maximum Gasteiger partial charge on any atom is 0.257 e. The number of likely N-dealkylation sites (tertiary alicyclic amines) is 1. The minimum absolute atomic E-state index is 0.0508. The monoisotopic (exact) mass is 538 g/mol. The molecule has 1 saturated heterocycles. The highest BCUT2D eigenvalue weighted by Crippen LogP contribution is 2.38. The number of ether oxygens (including phenoxy) is 1. The summed E-state index contributed by atoms with van der Waals surface area (Å²) in [5, 5.41) is 6.07. The van der Waals surface area contributed by atoms with Gasteiger partial charge in [0, 0.05) is 25.7 Å². The van der Waals surface area contributed by atoms with E-state index in [2.05, 4.69) is 39.8 Å². The third kappa shape index (κ3) is 6.02. The lowest BCUT2D eigenvalue weighted by Gasteiger charge is -2.35. The van der Waals surface area contributed by atoms with Crippen LogP contribution in [0.2, 0.25) is 0 Å². The third-order valence-electron chi connectivity index (χ3n) is 7.91. The number of rotatable bonds is 8. The van der Waals surface area contributed by atoms with E-state index in [-0.39, 0.29) is 36.2 Å². The van der Waals surface area contributed by atoms with Crippen molar-refractivity contribution in [1.29, 1.82) is 0 Å². The zero-order valence-electron chi connectivity index (χ0n) is 22.4. The van der Waals surface area contributed by atoms with Gasteiger partial charge in [0.25, 0.3) is 5.91 Å². The summed E-state index contributed by atoms with van der Waals surface area (Å²) < 4.78 is 5.94. The number of nitrogens with one attached hydrogen (secondary N) is 2. The lowest BCUT2D eigenvalue weighted by atomic mass is 10.0. The molecule has 0 aromatic heterocycles. The Labute approximate surface area is 234 Å². The van der Waals surface area contributed by atoms with Crippen LogP contribution in [0.25, 0.3) is 0 Å². The predicted molar refractivity (Wildman–Crippen MR) is 152 cm³/mol. The third-order valence-corrected chi connectivity index (χ3v) is 7.91. The van der Waals surface area contributed by atoms with E-state index in [9.17, 15) is 14.4 Å². The van der Waals surface area contributed by atoms with Crippen molar-refractivity contribution in [2.45, 2.75) is 44.3 Å². The van der Waals surface area contributed by atoms with E-state index >= 15 is 0 Å². The first-order chi connectivity index (χ1) is 19.5. The molecule has 8 nitrogen and oxygen atoms in total. The van der Waals surface area contributed by atoms with Gasteiger partial charge in [-0.2, -0.15) is 0 Å². The van der Waals surface area contributed by atoms with Crippen molar-refractivity contribution in [3.8, 4) is 11.5 Å². The zero-order chi connectivity index (χ0) is 27.5. The van der Waals surface area contributed by atoms with Gasteiger partial charge in [-0.3, -0.25) is 19.3 Å². The first-order valence-corrected chi connectivity index (χ1v) is 14.1. The molecule has 0 unspecified atom stereocenters. The van der Waals surface area contributed by atoms with Crippen molar-refractivity contribution < 1.29 is 19.1 Å². The van der Waals surface area contributed by atoms with Crippen LogP contribution in [0.1, 0.15) is 41.6 Å². The maximum absolute atomic E-state index is 13.9. The SMILES string of the molecule is O=C1CN([C@@H](C(=O)NC2CCN(Cc3ccccc3)CC2)C2CC2)C(=O)c2cc(Oc3ccccc3)ccc2N1. The Balaban J connectivity index is 1.15. The molecule has 0 spiro atoms. The Morgan fingerprint density at radius 2 is 1.60 bits per heavy atom. The topological polar surface area (TPSA) is 91.0 Å². The molecule has 40 heavy (non-hydrogen) atoms. The fraction of sp³-hybridized carbons (Fsp3) is 0.344. The average Bonchev–Trinajstić information content (AvgIpc) is 3.81. The predicted octanol–water partition coefficient (Wildman–Crippen LogP) is 4.43. The van der Waals surface area contributed by atoms with E-state index in [0.717, 1.165) is 45.3 Å². The molecule has 6 rings (SSSR count). The molecule has 1 atom stereocenters. The van der Waals surface area contributed by atoms with E-state index in [4.69, 9.17) is 4.74 Å². The van der Waals surface area contributed by atoms with Crippen molar-refractivity contribution in [3.63, 3.8) is 0 Å². The molecule has 3 aliphatic rings. The number of carbonyl (C=O) groups is 3. The molecule has 3 aromatic rings. The number of carbonyl (C=O) groups excluding carboxylic acids is 3. The number of hydrogen-bond donors (Lipinski definition) is 2. The molecular formula is C32H34N4O4. The van der Waals surface area contributed by atoms with E-state index in [0.29, 0.717) is 22.7 Å². The number of fused-ring (bicyclic) bond motifs is 1. The molecule has 2 aliphatic heterocycles. The lowest BCUT2D eigenvalue weighted by Crippen LogP contribution is -2.55. The van der Waals surface area contributed by atoms with Crippen molar-refractivity contribution >= 4 is 23.4 Å². The minimum atomic E-state index is -0.676. The van der Waals surface area contributed by atoms with Gasteiger partial charge >= 0.3 is 0 Å². The standard InChI is InChI=1S/C32H34N4O4/c37-29-21-36(32(39)27-19-26(13-14-28(27)34-29)40-25-9-5-2-6-10-25)30(23-11-12-23)31(38)33-24-15-17-35(18-16-24)20-22-7-3-1-4-8-22/h1-10,13-14,19,23-24,30H,11-12,15-18,20-21H2,(H,33,38)(H,34,37)/t30-/m1/s1. The number of para-hydroxylation sites is 1. The lowest BCUT2D eigenvalue weighted by molar-refractivity contribution is -0.128. The number of piperidine rings is 1. The quantitative estimate of drug-likeness (QED) is 0.443. The summed E-state index contributed by atoms with van der Waals surface area (Å²) in [4.78, 5) is 44.3. The van der Waals surface area contributed by atoms with Gasteiger partial charge in [0.2, 0.25) is 11.8 Å². The van der Waals surface area contributed by atoms with Crippen molar-refractivity contribution in [2.24, 2.45) is 5.92 Å². The molecule has 2 N–H and O–H groups in total. The Morgan fingerprint density at radius 1 is 0.900 bits per heavy atom. The number of benzene rings is 3. The van der Waals surface area contributed by atoms with Gasteiger partial charge in [-0.1, -0.05) is 48.5 Å². The Hall–Kier alpha value is -4.17. The molecule has 0 radical (unpaired) electrons. The number of hydrogen-bond acceptors (Lipinski definition) is 5. The van der Waals surface area contributed by atoms with Crippen LogP contribution in [0.3, 0.4) is 0 Å². The highest BCUT2D eigenvalue weighted by molar-refractivity contribution is 6.10. The molecule has 0 bridgehead atoms. The van der Waals surface area contributed by atoms with Crippen LogP contribution >= 0.6 is 0 Å². The van der Waals surface area contributed by atoms with Crippen molar-refractivity contribution in [3.05, 3.63) is 90.0 Å². The molecule has 8 heteroatoms. The Kier molecular flexibility index (Phi) is 7.51. The molecule has 3 aromatic carbocycles. The Morgan fingerprint density at radius 3 is 2.30 bits per heavy atom. The molecule has 1 saturated carbocycles. The summed E-state index contributed by atoms with van der Waals surface area (Å²) in [5.41, 5.74) is 2.04. The van der Waals surface area contributed by atoms with Gasteiger partial charge in [-0.05, 0) is 67.5 Å². The largest absolute Gasteiger partial charge is 0.457 e. The molecule has 1 aliphatic carbocycles. The first-order valence-electron chi connectivity index (χ1n) is 14.1. The van der Waals surface area contributed by atoms with Gasteiger partial charge < -0.3 is 20.3 Å². The van der Waals surface area contributed by atoms with E-state index in [1.165, 1.54) is 10.5 Å². The first kappa shape index (κ1) is 26.1. The summed E-state index contributed by atoms with van der Waals surface area (Å²) in [6.07, 6.45) is 3.44.